The van der Waals surface area contributed by atoms with E-state index in [-0.39, 0.29) is 5.92 Å². The van der Waals surface area contributed by atoms with Gasteiger partial charge in [-0.25, -0.2) is 0 Å². The minimum Gasteiger partial charge on any atom is -0.497 e. The van der Waals surface area contributed by atoms with E-state index >= 15 is 0 Å². The van der Waals surface area contributed by atoms with E-state index in [4.69, 9.17) is 10.5 Å². The highest BCUT2D eigenvalue weighted by atomic mass is 16.5. The molecule has 25 heavy (non-hydrogen) atoms. The number of hydrogen-bond acceptors (Lipinski definition) is 3. The van der Waals surface area contributed by atoms with Gasteiger partial charge >= 0.3 is 0 Å². The number of nitrogens with two attached hydrogens (primary N) is 1. The molecule has 4 nitrogen and oxygen atoms in total. The Labute approximate surface area is 147 Å². The Hall–Kier alpha value is -3.14. The Kier molecular flexibility index (Phi) is 4.80. The summed E-state index contributed by atoms with van der Waals surface area (Å²) in [6, 6.07) is 17.5. The van der Waals surface area contributed by atoms with E-state index in [9.17, 15) is 4.79 Å². The Morgan fingerprint density at radius 2 is 1.68 bits per heavy atom. The fourth-order valence-electron chi connectivity index (χ4n) is 2.94. The molecule has 0 aliphatic rings. The van der Waals surface area contributed by atoms with Crippen LogP contribution in [0.3, 0.4) is 0 Å². The molecule has 0 unspecified atom stereocenters. The Bertz CT molecular complexity index is 874. The molecule has 0 fully saturated rings. The second kappa shape index (κ2) is 7.18. The van der Waals surface area contributed by atoms with Crippen molar-refractivity contribution in [3.8, 4) is 16.9 Å². The van der Waals surface area contributed by atoms with Gasteiger partial charge in [0.1, 0.15) is 5.75 Å². The number of benzene rings is 2. The molecular weight excluding hydrogens is 312 g/mol. The number of hydrogen-bond donors (Lipinski definition) is 1. The SMILES string of the molecule is COc1ccc([C@@H](C)c2cc(-c3ccncc3)ccc2C(N)=O)cc1. The minimum atomic E-state index is -0.420. The van der Waals surface area contributed by atoms with E-state index in [1.165, 1.54) is 0 Å². The van der Waals surface area contributed by atoms with Crippen molar-refractivity contribution in [2.75, 3.05) is 7.11 Å². The normalized spacial score (nSPS) is 11.8. The van der Waals surface area contributed by atoms with Gasteiger partial charge < -0.3 is 10.5 Å². The number of nitrogens with zero attached hydrogens (tertiary/aromatic N) is 1. The zero-order chi connectivity index (χ0) is 17.8. The Morgan fingerprint density at radius 1 is 1.00 bits per heavy atom. The van der Waals surface area contributed by atoms with E-state index in [2.05, 4.69) is 11.9 Å². The van der Waals surface area contributed by atoms with Crippen LogP contribution >= 0.6 is 0 Å². The lowest BCUT2D eigenvalue weighted by molar-refractivity contribution is 0.0999. The summed E-state index contributed by atoms with van der Waals surface area (Å²) in [5.74, 6) is 0.406. The Balaban J connectivity index is 2.06. The number of primary amides is 1. The monoisotopic (exact) mass is 332 g/mol. The lowest BCUT2D eigenvalue weighted by Gasteiger charge is -2.17. The number of rotatable bonds is 5. The average molecular weight is 332 g/mol. The zero-order valence-electron chi connectivity index (χ0n) is 14.3. The fourth-order valence-corrected chi connectivity index (χ4v) is 2.94. The van der Waals surface area contributed by atoms with E-state index in [1.807, 2.05) is 48.5 Å². The van der Waals surface area contributed by atoms with Crippen LogP contribution in [0.2, 0.25) is 0 Å². The van der Waals surface area contributed by atoms with Gasteiger partial charge in [0.25, 0.3) is 0 Å². The topological polar surface area (TPSA) is 65.2 Å². The standard InChI is InChI=1S/C21H20N2O2/c1-14(15-3-6-18(25-2)7-4-15)20-13-17(5-8-19(20)21(22)24)16-9-11-23-12-10-16/h3-14H,1-2H3,(H2,22,24)/t14-/m1/s1. The quantitative estimate of drug-likeness (QED) is 0.768. The first-order chi connectivity index (χ1) is 12.1. The van der Waals surface area contributed by atoms with Gasteiger partial charge in [0.05, 0.1) is 7.11 Å². The van der Waals surface area contributed by atoms with Crippen LogP contribution in [0, 0.1) is 0 Å². The number of ether oxygens (including phenoxy) is 1. The van der Waals surface area contributed by atoms with Crippen molar-refractivity contribution in [1.29, 1.82) is 0 Å². The van der Waals surface area contributed by atoms with Gasteiger partial charge in [0.15, 0.2) is 0 Å². The molecule has 0 saturated heterocycles. The first-order valence-electron chi connectivity index (χ1n) is 8.08. The van der Waals surface area contributed by atoms with Gasteiger partial charge in [0.2, 0.25) is 5.91 Å². The number of carbonyl (C=O) groups is 1. The summed E-state index contributed by atoms with van der Waals surface area (Å²) in [6.45, 7) is 2.07. The van der Waals surface area contributed by atoms with Crippen LogP contribution in [0.5, 0.6) is 5.75 Å². The largest absolute Gasteiger partial charge is 0.497 e. The van der Waals surface area contributed by atoms with Gasteiger partial charge in [-0.15, -0.1) is 0 Å². The molecule has 2 N–H and O–H groups in total. The summed E-state index contributed by atoms with van der Waals surface area (Å²) in [4.78, 5) is 16.0. The highest BCUT2D eigenvalue weighted by Gasteiger charge is 2.17. The van der Waals surface area contributed by atoms with Crippen LogP contribution in [-0.2, 0) is 0 Å². The van der Waals surface area contributed by atoms with E-state index < -0.39 is 5.91 Å². The summed E-state index contributed by atoms with van der Waals surface area (Å²) >= 11 is 0. The van der Waals surface area contributed by atoms with E-state index in [1.54, 1.807) is 25.6 Å². The van der Waals surface area contributed by atoms with Crippen LogP contribution in [0.15, 0.2) is 67.0 Å². The molecule has 0 aliphatic carbocycles. The van der Waals surface area contributed by atoms with Crippen LogP contribution < -0.4 is 10.5 Å². The minimum absolute atomic E-state index is 0.0233. The molecule has 0 radical (unpaired) electrons. The third kappa shape index (κ3) is 3.53. The van der Waals surface area contributed by atoms with E-state index in [0.29, 0.717) is 5.56 Å². The predicted molar refractivity (Wildman–Crippen MR) is 98.7 cm³/mol. The van der Waals surface area contributed by atoms with Crippen molar-refractivity contribution in [2.45, 2.75) is 12.8 Å². The smallest absolute Gasteiger partial charge is 0.248 e. The predicted octanol–water partition coefficient (Wildman–Crippen LogP) is 4.01. The molecule has 4 heteroatoms. The molecule has 2 aromatic carbocycles. The molecule has 0 saturated carbocycles. The van der Waals surface area contributed by atoms with Crippen LogP contribution in [-0.4, -0.2) is 18.0 Å². The first-order valence-corrected chi connectivity index (χ1v) is 8.08. The van der Waals surface area contributed by atoms with Crippen LogP contribution in [0.4, 0.5) is 0 Å². The highest BCUT2D eigenvalue weighted by Crippen LogP contribution is 2.31. The molecule has 1 amide bonds. The molecule has 3 aromatic rings. The maximum Gasteiger partial charge on any atom is 0.248 e. The number of carbonyl (C=O) groups excluding carboxylic acids is 1. The van der Waals surface area contributed by atoms with Crippen molar-refractivity contribution in [2.24, 2.45) is 5.73 Å². The molecule has 1 heterocycles. The molecule has 1 atom stereocenters. The molecule has 0 bridgehead atoms. The van der Waals surface area contributed by atoms with Crippen molar-refractivity contribution in [1.82, 2.24) is 4.98 Å². The molecule has 1 aromatic heterocycles. The van der Waals surface area contributed by atoms with Gasteiger partial charge in [0, 0.05) is 23.9 Å². The van der Waals surface area contributed by atoms with Crippen LogP contribution in [0.25, 0.3) is 11.1 Å². The average Bonchev–Trinajstić information content (AvgIpc) is 2.67. The van der Waals surface area contributed by atoms with Crippen molar-refractivity contribution < 1.29 is 9.53 Å². The number of amides is 1. The highest BCUT2D eigenvalue weighted by molar-refractivity contribution is 5.95. The maximum atomic E-state index is 11.9. The van der Waals surface area contributed by atoms with Crippen LogP contribution in [0.1, 0.15) is 34.3 Å². The van der Waals surface area contributed by atoms with Crippen molar-refractivity contribution >= 4 is 5.91 Å². The molecule has 0 aliphatic heterocycles. The maximum absolute atomic E-state index is 11.9. The molecule has 0 spiro atoms. The second-order valence-corrected chi connectivity index (χ2v) is 5.90. The number of pyridine rings is 1. The summed E-state index contributed by atoms with van der Waals surface area (Å²) in [7, 11) is 1.64. The molecular formula is C21H20N2O2. The molecule has 126 valence electrons. The van der Waals surface area contributed by atoms with Crippen molar-refractivity contribution in [3.63, 3.8) is 0 Å². The summed E-state index contributed by atoms with van der Waals surface area (Å²) < 4.78 is 5.21. The van der Waals surface area contributed by atoms with Gasteiger partial charge in [-0.2, -0.15) is 0 Å². The molecule has 3 rings (SSSR count). The summed E-state index contributed by atoms with van der Waals surface area (Å²) in [5, 5.41) is 0. The zero-order valence-corrected chi connectivity index (χ0v) is 14.3. The fraction of sp³-hybridized carbons (Fsp3) is 0.143. The van der Waals surface area contributed by atoms with E-state index in [0.717, 1.165) is 28.0 Å². The summed E-state index contributed by atoms with van der Waals surface area (Å²) in [6.07, 6.45) is 3.51. The van der Waals surface area contributed by atoms with Gasteiger partial charge in [-0.1, -0.05) is 25.1 Å². The second-order valence-electron chi connectivity index (χ2n) is 5.90. The third-order valence-corrected chi connectivity index (χ3v) is 4.41. The third-order valence-electron chi connectivity index (χ3n) is 4.41. The Morgan fingerprint density at radius 3 is 2.28 bits per heavy atom. The lowest BCUT2D eigenvalue weighted by atomic mass is 9.87. The summed E-state index contributed by atoms with van der Waals surface area (Å²) in [5.41, 5.74) is 10.2. The van der Waals surface area contributed by atoms with Crippen molar-refractivity contribution in [3.05, 3.63) is 83.7 Å². The number of aromatic nitrogens is 1. The lowest BCUT2D eigenvalue weighted by Crippen LogP contribution is -2.15. The first kappa shape index (κ1) is 16.7. The van der Waals surface area contributed by atoms with Gasteiger partial charge in [-0.05, 0) is 58.7 Å². The van der Waals surface area contributed by atoms with Gasteiger partial charge in [-0.3, -0.25) is 9.78 Å². The number of methoxy groups -OCH3 is 1.